The molecule has 1 aromatic rings. The van der Waals surface area contributed by atoms with Crippen LogP contribution in [0.15, 0.2) is 24.3 Å². The molecule has 4 heteroatoms. The Morgan fingerprint density at radius 3 is 2.68 bits per heavy atom. The van der Waals surface area contributed by atoms with Crippen molar-refractivity contribution in [2.45, 2.75) is 45.6 Å². The summed E-state index contributed by atoms with van der Waals surface area (Å²) in [5.74, 6) is 0.845. The minimum absolute atomic E-state index is 0.0840. The molecule has 1 fully saturated rings. The highest BCUT2D eigenvalue weighted by Crippen LogP contribution is 2.32. The van der Waals surface area contributed by atoms with E-state index in [-0.39, 0.29) is 5.97 Å². The molecule has 0 spiro atoms. The van der Waals surface area contributed by atoms with E-state index in [9.17, 15) is 4.79 Å². The summed E-state index contributed by atoms with van der Waals surface area (Å²) >= 11 is 0. The molecular weight excluding hydrogens is 278 g/mol. The van der Waals surface area contributed by atoms with Crippen LogP contribution in [0.4, 0.5) is 0 Å². The van der Waals surface area contributed by atoms with Crippen LogP contribution in [0.5, 0.6) is 5.75 Å². The minimum Gasteiger partial charge on any atom is -0.494 e. The van der Waals surface area contributed by atoms with Gasteiger partial charge in [0.2, 0.25) is 0 Å². The summed E-state index contributed by atoms with van der Waals surface area (Å²) in [6.45, 7) is 7.08. The number of carbonyl (C=O) groups is 1. The van der Waals surface area contributed by atoms with Crippen molar-refractivity contribution in [3.05, 3.63) is 29.8 Å². The van der Waals surface area contributed by atoms with Gasteiger partial charge in [0.15, 0.2) is 0 Å². The zero-order valence-corrected chi connectivity index (χ0v) is 13.7. The highest BCUT2D eigenvalue weighted by Gasteiger charge is 2.25. The Hall–Kier alpha value is -1.55. The van der Waals surface area contributed by atoms with Gasteiger partial charge < -0.3 is 9.47 Å². The van der Waals surface area contributed by atoms with Crippen LogP contribution < -0.4 is 4.74 Å². The van der Waals surface area contributed by atoms with E-state index in [1.54, 1.807) is 0 Å². The molecule has 1 aliphatic heterocycles. The van der Waals surface area contributed by atoms with Crippen LogP contribution in [0.2, 0.25) is 0 Å². The van der Waals surface area contributed by atoms with E-state index in [0.717, 1.165) is 25.3 Å². The number of esters is 1. The molecule has 0 N–H and O–H groups in total. The largest absolute Gasteiger partial charge is 0.494 e. The number of carbonyl (C=O) groups excluding carboxylic acids is 1. The molecule has 2 rings (SSSR count). The SMILES string of the molecule is CCOC(=O)CCCN1CCC[C@@H]1c1ccc(OCC)cc1. The molecule has 1 aliphatic rings. The lowest BCUT2D eigenvalue weighted by molar-refractivity contribution is -0.143. The van der Waals surface area contributed by atoms with Crippen molar-refractivity contribution in [3.8, 4) is 5.75 Å². The first kappa shape index (κ1) is 16.8. The maximum absolute atomic E-state index is 11.4. The van der Waals surface area contributed by atoms with Crippen LogP contribution in [-0.4, -0.2) is 37.2 Å². The lowest BCUT2D eigenvalue weighted by Gasteiger charge is -2.24. The third kappa shape index (κ3) is 4.73. The van der Waals surface area contributed by atoms with Gasteiger partial charge in [0.1, 0.15) is 5.75 Å². The second kappa shape index (κ2) is 8.79. The fourth-order valence-electron chi connectivity index (χ4n) is 3.08. The van der Waals surface area contributed by atoms with Crippen molar-refractivity contribution in [1.82, 2.24) is 4.90 Å². The van der Waals surface area contributed by atoms with E-state index >= 15 is 0 Å². The van der Waals surface area contributed by atoms with Gasteiger partial charge in [-0.2, -0.15) is 0 Å². The van der Waals surface area contributed by atoms with E-state index in [2.05, 4.69) is 17.0 Å². The average Bonchev–Trinajstić information content (AvgIpc) is 2.97. The Morgan fingerprint density at radius 2 is 2.00 bits per heavy atom. The topological polar surface area (TPSA) is 38.8 Å². The van der Waals surface area contributed by atoms with Gasteiger partial charge in [0.05, 0.1) is 13.2 Å². The fourth-order valence-corrected chi connectivity index (χ4v) is 3.08. The summed E-state index contributed by atoms with van der Waals surface area (Å²) in [6, 6.07) is 8.90. The number of benzene rings is 1. The third-order valence-corrected chi connectivity index (χ3v) is 4.07. The molecule has 1 aromatic carbocycles. The maximum atomic E-state index is 11.4. The Labute approximate surface area is 133 Å². The lowest BCUT2D eigenvalue weighted by atomic mass is 10.0. The zero-order valence-electron chi connectivity index (χ0n) is 13.7. The summed E-state index contributed by atoms with van der Waals surface area (Å²) in [6.07, 6.45) is 3.79. The van der Waals surface area contributed by atoms with Crippen LogP contribution in [0.1, 0.15) is 51.1 Å². The molecule has 0 aliphatic carbocycles. The Bertz CT molecular complexity index is 458. The molecule has 22 heavy (non-hydrogen) atoms. The summed E-state index contributed by atoms with van der Waals surface area (Å²) < 4.78 is 10.5. The number of ether oxygens (including phenoxy) is 2. The minimum atomic E-state index is -0.0840. The number of hydrogen-bond donors (Lipinski definition) is 0. The van der Waals surface area contributed by atoms with E-state index in [1.165, 1.54) is 18.4 Å². The smallest absolute Gasteiger partial charge is 0.305 e. The summed E-state index contributed by atoms with van der Waals surface area (Å²) in [4.78, 5) is 13.9. The molecule has 0 bridgehead atoms. The van der Waals surface area contributed by atoms with Crippen LogP contribution >= 0.6 is 0 Å². The predicted molar refractivity (Wildman–Crippen MR) is 87.0 cm³/mol. The average molecular weight is 305 g/mol. The van der Waals surface area contributed by atoms with Gasteiger partial charge in [-0.05, 0) is 63.9 Å². The van der Waals surface area contributed by atoms with Gasteiger partial charge in [-0.15, -0.1) is 0 Å². The quantitative estimate of drug-likeness (QED) is 0.688. The third-order valence-electron chi connectivity index (χ3n) is 4.07. The summed E-state index contributed by atoms with van der Waals surface area (Å²) in [7, 11) is 0. The maximum Gasteiger partial charge on any atom is 0.305 e. The number of hydrogen-bond acceptors (Lipinski definition) is 4. The summed E-state index contributed by atoms with van der Waals surface area (Å²) in [5, 5.41) is 0. The molecule has 0 aromatic heterocycles. The standard InChI is InChI=1S/C18H27NO3/c1-3-21-16-11-9-15(10-12-16)17-7-5-13-19(17)14-6-8-18(20)22-4-2/h9-12,17H,3-8,13-14H2,1-2H3/t17-/m1/s1. The normalized spacial score (nSPS) is 18.4. The van der Waals surface area contributed by atoms with Crippen molar-refractivity contribution in [2.24, 2.45) is 0 Å². The van der Waals surface area contributed by atoms with Gasteiger partial charge in [-0.25, -0.2) is 0 Å². The Morgan fingerprint density at radius 1 is 1.23 bits per heavy atom. The molecule has 1 saturated heterocycles. The second-order valence-corrected chi connectivity index (χ2v) is 5.60. The highest BCUT2D eigenvalue weighted by atomic mass is 16.5. The molecule has 0 radical (unpaired) electrons. The van der Waals surface area contributed by atoms with Crippen LogP contribution in [0.3, 0.4) is 0 Å². The highest BCUT2D eigenvalue weighted by molar-refractivity contribution is 5.69. The van der Waals surface area contributed by atoms with Crippen LogP contribution in [0.25, 0.3) is 0 Å². The van der Waals surface area contributed by atoms with E-state index < -0.39 is 0 Å². The van der Waals surface area contributed by atoms with Crippen LogP contribution in [-0.2, 0) is 9.53 Å². The van der Waals surface area contributed by atoms with E-state index in [0.29, 0.717) is 25.7 Å². The second-order valence-electron chi connectivity index (χ2n) is 5.60. The van der Waals surface area contributed by atoms with Gasteiger partial charge in [-0.1, -0.05) is 12.1 Å². The number of nitrogens with zero attached hydrogens (tertiary/aromatic N) is 1. The monoisotopic (exact) mass is 305 g/mol. The summed E-state index contributed by atoms with van der Waals surface area (Å²) in [5.41, 5.74) is 1.34. The van der Waals surface area contributed by atoms with Crippen molar-refractivity contribution in [2.75, 3.05) is 26.3 Å². The molecule has 1 heterocycles. The van der Waals surface area contributed by atoms with Crippen molar-refractivity contribution >= 4 is 5.97 Å². The lowest BCUT2D eigenvalue weighted by Crippen LogP contribution is -2.25. The van der Waals surface area contributed by atoms with Gasteiger partial charge >= 0.3 is 5.97 Å². The van der Waals surface area contributed by atoms with Crippen LogP contribution in [0, 0.1) is 0 Å². The first-order chi connectivity index (χ1) is 10.7. The fraction of sp³-hybridized carbons (Fsp3) is 0.611. The van der Waals surface area contributed by atoms with Crippen molar-refractivity contribution < 1.29 is 14.3 Å². The molecule has 0 saturated carbocycles. The Balaban J connectivity index is 1.85. The molecular formula is C18H27NO3. The van der Waals surface area contributed by atoms with Gasteiger partial charge in [0.25, 0.3) is 0 Å². The first-order valence-electron chi connectivity index (χ1n) is 8.37. The van der Waals surface area contributed by atoms with Gasteiger partial charge in [-0.3, -0.25) is 9.69 Å². The van der Waals surface area contributed by atoms with E-state index in [4.69, 9.17) is 9.47 Å². The first-order valence-corrected chi connectivity index (χ1v) is 8.37. The molecule has 122 valence electrons. The molecule has 1 atom stereocenters. The van der Waals surface area contributed by atoms with Crippen molar-refractivity contribution in [3.63, 3.8) is 0 Å². The molecule has 0 unspecified atom stereocenters. The van der Waals surface area contributed by atoms with Gasteiger partial charge in [0, 0.05) is 12.5 Å². The van der Waals surface area contributed by atoms with E-state index in [1.807, 2.05) is 26.0 Å². The molecule has 0 amide bonds. The Kier molecular flexibility index (Phi) is 6.72. The number of likely N-dealkylation sites (tertiary alicyclic amines) is 1. The molecule has 4 nitrogen and oxygen atoms in total. The zero-order chi connectivity index (χ0) is 15.8. The van der Waals surface area contributed by atoms with Crippen molar-refractivity contribution in [1.29, 1.82) is 0 Å². The number of rotatable bonds is 8. The predicted octanol–water partition coefficient (Wildman–Crippen LogP) is 3.57.